The third-order valence-electron chi connectivity index (χ3n) is 4.41. The Morgan fingerprint density at radius 3 is 2.18 bits per heavy atom. The van der Waals surface area contributed by atoms with Crippen molar-refractivity contribution in [2.24, 2.45) is 0 Å². The minimum absolute atomic E-state index is 0.0341. The summed E-state index contributed by atoms with van der Waals surface area (Å²) in [6, 6.07) is 8.81. The molecule has 1 fully saturated rings. The van der Waals surface area contributed by atoms with Gasteiger partial charge in [0.2, 0.25) is 5.91 Å². The second-order valence-corrected chi connectivity index (χ2v) is 7.40. The fraction of sp³-hybridized carbons (Fsp3) is 0.550. The Bertz CT molecular complexity index is 500. The number of amides is 1. The molecule has 22 heavy (non-hydrogen) atoms. The molecule has 0 aromatic heterocycles. The van der Waals surface area contributed by atoms with E-state index in [-0.39, 0.29) is 11.3 Å². The fourth-order valence-corrected chi connectivity index (χ4v) is 2.94. The Morgan fingerprint density at radius 2 is 1.64 bits per heavy atom. The van der Waals surface area contributed by atoms with Gasteiger partial charge in [0.25, 0.3) is 0 Å². The number of carbonyl (C=O) groups is 1. The summed E-state index contributed by atoms with van der Waals surface area (Å²) in [7, 11) is 0. The predicted molar refractivity (Wildman–Crippen MR) is 93.8 cm³/mol. The normalized spacial score (nSPS) is 17.4. The van der Waals surface area contributed by atoms with Crippen LogP contribution < -0.4 is 5.32 Å². The van der Waals surface area contributed by atoms with Crippen molar-refractivity contribution in [1.29, 1.82) is 0 Å². The number of benzene rings is 1. The highest BCUT2D eigenvalue weighted by Gasteiger charge is 2.14. The Morgan fingerprint density at radius 1 is 1.05 bits per heavy atom. The molecule has 0 saturated heterocycles. The standard InChI is InChI=1S/C20H29NO/c1-20(2,3)17-13-10-16(11-14-17)12-15-19(22)21-18-8-6-4-5-7-9-18/h10-15,18H,4-9H2,1-3H3,(H,21,22). The van der Waals surface area contributed by atoms with Gasteiger partial charge in [0.1, 0.15) is 0 Å². The summed E-state index contributed by atoms with van der Waals surface area (Å²) in [5.41, 5.74) is 2.55. The minimum atomic E-state index is 0.0341. The summed E-state index contributed by atoms with van der Waals surface area (Å²) in [4.78, 5) is 12.0. The molecule has 0 radical (unpaired) electrons. The summed E-state index contributed by atoms with van der Waals surface area (Å²) in [5, 5.41) is 3.14. The first-order chi connectivity index (χ1) is 10.4. The zero-order chi connectivity index (χ0) is 16.0. The van der Waals surface area contributed by atoms with Crippen LogP contribution in [0.4, 0.5) is 0 Å². The van der Waals surface area contributed by atoms with E-state index in [9.17, 15) is 4.79 Å². The number of carbonyl (C=O) groups excluding carboxylic acids is 1. The van der Waals surface area contributed by atoms with E-state index in [4.69, 9.17) is 0 Å². The molecule has 0 unspecified atom stereocenters. The average molecular weight is 299 g/mol. The van der Waals surface area contributed by atoms with Gasteiger partial charge >= 0.3 is 0 Å². The van der Waals surface area contributed by atoms with Crippen LogP contribution in [0.25, 0.3) is 6.08 Å². The van der Waals surface area contributed by atoms with Crippen LogP contribution in [0.15, 0.2) is 30.3 Å². The van der Waals surface area contributed by atoms with Gasteiger partial charge in [0.15, 0.2) is 0 Å². The van der Waals surface area contributed by atoms with Gasteiger partial charge in [-0.15, -0.1) is 0 Å². The first-order valence-corrected chi connectivity index (χ1v) is 8.54. The zero-order valence-corrected chi connectivity index (χ0v) is 14.2. The molecule has 1 N–H and O–H groups in total. The second kappa shape index (κ2) is 7.62. The number of hydrogen-bond acceptors (Lipinski definition) is 1. The zero-order valence-electron chi connectivity index (χ0n) is 14.2. The van der Waals surface area contributed by atoms with Gasteiger partial charge in [-0.1, -0.05) is 70.7 Å². The topological polar surface area (TPSA) is 29.1 Å². The molecule has 0 aliphatic heterocycles. The maximum Gasteiger partial charge on any atom is 0.244 e. The van der Waals surface area contributed by atoms with Crippen LogP contribution in [0.2, 0.25) is 0 Å². The van der Waals surface area contributed by atoms with Gasteiger partial charge in [0.05, 0.1) is 0 Å². The minimum Gasteiger partial charge on any atom is -0.350 e. The van der Waals surface area contributed by atoms with E-state index in [1.165, 1.54) is 31.2 Å². The van der Waals surface area contributed by atoms with E-state index in [0.29, 0.717) is 6.04 Å². The number of hydrogen-bond donors (Lipinski definition) is 1. The lowest BCUT2D eigenvalue weighted by atomic mass is 9.87. The molecule has 2 nitrogen and oxygen atoms in total. The molecule has 0 atom stereocenters. The van der Waals surface area contributed by atoms with Gasteiger partial charge < -0.3 is 5.32 Å². The molecule has 1 amide bonds. The summed E-state index contributed by atoms with van der Waals surface area (Å²) < 4.78 is 0. The SMILES string of the molecule is CC(C)(C)c1ccc(C=CC(=O)NC2CCCCCC2)cc1. The van der Waals surface area contributed by atoms with Gasteiger partial charge in [-0.3, -0.25) is 4.79 Å². The van der Waals surface area contributed by atoms with Gasteiger partial charge in [0, 0.05) is 12.1 Å². The first kappa shape index (κ1) is 16.8. The Balaban J connectivity index is 1.89. The van der Waals surface area contributed by atoms with Crippen molar-refractivity contribution < 1.29 is 4.79 Å². The Labute approximate surface area is 135 Å². The van der Waals surface area contributed by atoms with Crippen LogP contribution in [-0.4, -0.2) is 11.9 Å². The Kier molecular flexibility index (Phi) is 5.82. The maximum absolute atomic E-state index is 12.0. The van der Waals surface area contributed by atoms with Crippen molar-refractivity contribution in [3.8, 4) is 0 Å². The lowest BCUT2D eigenvalue weighted by molar-refractivity contribution is -0.117. The van der Waals surface area contributed by atoms with Crippen molar-refractivity contribution in [3.63, 3.8) is 0 Å². The summed E-state index contributed by atoms with van der Waals surface area (Å²) in [5.74, 6) is 0.0341. The van der Waals surface area contributed by atoms with Crippen molar-refractivity contribution in [2.75, 3.05) is 0 Å². The van der Waals surface area contributed by atoms with E-state index < -0.39 is 0 Å². The fourth-order valence-electron chi connectivity index (χ4n) is 2.94. The highest BCUT2D eigenvalue weighted by atomic mass is 16.1. The largest absolute Gasteiger partial charge is 0.350 e. The maximum atomic E-state index is 12.0. The van der Waals surface area contributed by atoms with E-state index in [1.54, 1.807) is 6.08 Å². The third kappa shape index (κ3) is 5.32. The van der Waals surface area contributed by atoms with E-state index >= 15 is 0 Å². The van der Waals surface area contributed by atoms with Crippen LogP contribution >= 0.6 is 0 Å². The number of rotatable bonds is 3. The molecule has 0 bridgehead atoms. The van der Waals surface area contributed by atoms with E-state index in [0.717, 1.165) is 18.4 Å². The lowest BCUT2D eigenvalue weighted by Gasteiger charge is -2.18. The molecule has 1 aromatic carbocycles. The van der Waals surface area contributed by atoms with Gasteiger partial charge in [-0.25, -0.2) is 0 Å². The second-order valence-electron chi connectivity index (χ2n) is 7.40. The molecule has 1 aromatic rings. The highest BCUT2D eigenvalue weighted by Crippen LogP contribution is 2.22. The lowest BCUT2D eigenvalue weighted by Crippen LogP contribution is -2.33. The molecule has 1 aliphatic rings. The monoisotopic (exact) mass is 299 g/mol. The first-order valence-electron chi connectivity index (χ1n) is 8.54. The molecule has 0 spiro atoms. The van der Waals surface area contributed by atoms with Crippen molar-refractivity contribution >= 4 is 12.0 Å². The molecule has 120 valence electrons. The summed E-state index contributed by atoms with van der Waals surface area (Å²) in [6.07, 6.45) is 10.9. The molecular formula is C20H29NO. The summed E-state index contributed by atoms with van der Waals surface area (Å²) in [6.45, 7) is 6.62. The van der Waals surface area contributed by atoms with Crippen molar-refractivity contribution in [3.05, 3.63) is 41.5 Å². The molecular weight excluding hydrogens is 270 g/mol. The molecule has 1 aliphatic carbocycles. The third-order valence-corrected chi connectivity index (χ3v) is 4.41. The van der Waals surface area contributed by atoms with Gasteiger partial charge in [-0.2, -0.15) is 0 Å². The average Bonchev–Trinajstić information content (AvgIpc) is 2.73. The smallest absolute Gasteiger partial charge is 0.244 e. The van der Waals surface area contributed by atoms with Crippen LogP contribution in [0.1, 0.15) is 70.4 Å². The van der Waals surface area contributed by atoms with Crippen LogP contribution in [0, 0.1) is 0 Å². The van der Waals surface area contributed by atoms with E-state index in [1.807, 2.05) is 6.08 Å². The Hall–Kier alpha value is -1.57. The highest BCUT2D eigenvalue weighted by molar-refractivity contribution is 5.91. The molecule has 0 heterocycles. The van der Waals surface area contributed by atoms with Gasteiger partial charge in [-0.05, 0) is 35.5 Å². The van der Waals surface area contributed by atoms with E-state index in [2.05, 4.69) is 50.4 Å². The molecule has 1 saturated carbocycles. The van der Waals surface area contributed by atoms with Crippen LogP contribution in [0.5, 0.6) is 0 Å². The quantitative estimate of drug-likeness (QED) is 0.628. The van der Waals surface area contributed by atoms with Crippen molar-refractivity contribution in [1.82, 2.24) is 5.32 Å². The number of nitrogens with one attached hydrogen (secondary N) is 1. The molecule has 2 heteroatoms. The molecule has 2 rings (SSSR count). The summed E-state index contributed by atoms with van der Waals surface area (Å²) >= 11 is 0. The van der Waals surface area contributed by atoms with Crippen LogP contribution in [0.3, 0.4) is 0 Å². The predicted octanol–water partition coefficient (Wildman–Crippen LogP) is 4.84. The van der Waals surface area contributed by atoms with Crippen LogP contribution in [-0.2, 0) is 10.2 Å². The van der Waals surface area contributed by atoms with Crippen molar-refractivity contribution in [2.45, 2.75) is 70.8 Å².